The fourth-order valence-corrected chi connectivity index (χ4v) is 1.26. The van der Waals surface area contributed by atoms with E-state index in [0.717, 1.165) is 5.57 Å². The Morgan fingerprint density at radius 3 is 2.46 bits per heavy atom. The van der Waals surface area contributed by atoms with Gasteiger partial charge in [0.15, 0.2) is 5.94 Å². The molecule has 0 saturated carbocycles. The standard InChI is InChI=1S/C11H16OSi/c1-10-5-7-11(8-6-10)9-12-13(2,3)4/h5-8H,1-4H3. The van der Waals surface area contributed by atoms with Crippen molar-refractivity contribution >= 4 is 14.3 Å². The lowest BCUT2D eigenvalue weighted by Crippen LogP contribution is -2.20. The highest BCUT2D eigenvalue weighted by Crippen LogP contribution is 2.11. The van der Waals surface area contributed by atoms with Crippen LogP contribution in [0.5, 0.6) is 0 Å². The summed E-state index contributed by atoms with van der Waals surface area (Å²) in [7, 11) is -1.46. The molecule has 0 aromatic carbocycles. The summed E-state index contributed by atoms with van der Waals surface area (Å²) in [6, 6.07) is 0. The number of rotatable bonds is 1. The maximum absolute atomic E-state index is 5.54. The van der Waals surface area contributed by atoms with Crippen LogP contribution in [-0.4, -0.2) is 14.3 Å². The molecule has 0 aromatic rings. The molecule has 0 aromatic heterocycles. The van der Waals surface area contributed by atoms with Gasteiger partial charge in [0.1, 0.15) is 0 Å². The highest BCUT2D eigenvalue weighted by Gasteiger charge is 2.27. The third-order valence-electron chi connectivity index (χ3n) is 1.53. The summed E-state index contributed by atoms with van der Waals surface area (Å²) >= 11 is 0. The Kier molecular flexibility index (Phi) is 2.97. The first-order valence-electron chi connectivity index (χ1n) is 4.48. The fourth-order valence-electron chi connectivity index (χ4n) is 0.834. The Balaban J connectivity index is 2.77. The van der Waals surface area contributed by atoms with Gasteiger partial charge < -0.3 is 4.11 Å². The van der Waals surface area contributed by atoms with E-state index in [-0.39, 0.29) is 0 Å². The van der Waals surface area contributed by atoms with Gasteiger partial charge >= 0.3 is 8.32 Å². The summed E-state index contributed by atoms with van der Waals surface area (Å²) in [5.74, 6) is 2.97. The van der Waals surface area contributed by atoms with Crippen LogP contribution < -0.4 is 0 Å². The minimum atomic E-state index is -1.46. The van der Waals surface area contributed by atoms with Crippen molar-refractivity contribution in [2.45, 2.75) is 26.6 Å². The Hall–Kier alpha value is -0.983. The molecule has 0 saturated heterocycles. The first-order chi connectivity index (χ1) is 5.97. The van der Waals surface area contributed by atoms with Gasteiger partial charge in [-0.3, -0.25) is 0 Å². The number of allylic oxidation sites excluding steroid dienone is 5. The first kappa shape index (κ1) is 10.1. The summed E-state index contributed by atoms with van der Waals surface area (Å²) < 4.78 is 5.54. The van der Waals surface area contributed by atoms with E-state index in [1.54, 1.807) is 0 Å². The molecule has 0 heterocycles. The van der Waals surface area contributed by atoms with Crippen molar-refractivity contribution < 1.29 is 4.11 Å². The smallest absolute Gasteiger partial charge is 0.371 e. The van der Waals surface area contributed by atoms with Crippen LogP contribution in [0, 0.1) is 6.42 Å². The van der Waals surface area contributed by atoms with Crippen molar-refractivity contribution in [1.82, 2.24) is 0 Å². The molecule has 13 heavy (non-hydrogen) atoms. The molecular weight excluding hydrogens is 176 g/mol. The first-order valence-corrected chi connectivity index (χ1v) is 7.89. The van der Waals surface area contributed by atoms with Crippen molar-refractivity contribution in [2.24, 2.45) is 0 Å². The van der Waals surface area contributed by atoms with E-state index in [0.29, 0.717) is 0 Å². The van der Waals surface area contributed by atoms with Gasteiger partial charge in [-0.2, -0.15) is 0 Å². The van der Waals surface area contributed by atoms with E-state index >= 15 is 0 Å². The van der Waals surface area contributed by atoms with Gasteiger partial charge in [-0.15, -0.1) is 30.2 Å². The lowest BCUT2D eigenvalue weighted by atomic mass is 10.1. The minimum Gasteiger partial charge on any atom is -0.371 e. The molecule has 0 aliphatic heterocycles. The maximum atomic E-state index is 5.54. The van der Waals surface area contributed by atoms with Crippen molar-refractivity contribution in [3.05, 3.63) is 35.8 Å². The predicted octanol–water partition coefficient (Wildman–Crippen LogP) is 2.84. The molecule has 0 bridgehead atoms. The second-order valence-electron chi connectivity index (χ2n) is 4.18. The Morgan fingerprint density at radius 1 is 1.31 bits per heavy atom. The van der Waals surface area contributed by atoms with Crippen LogP contribution in [0.2, 0.25) is 19.6 Å². The average molecular weight is 192 g/mol. The van der Waals surface area contributed by atoms with Crippen LogP contribution in [-0.2, 0) is 4.11 Å². The molecule has 0 radical (unpaired) electrons. The largest absolute Gasteiger partial charge is 0.509 e. The molecule has 0 unspecified atom stereocenters. The summed E-state index contributed by atoms with van der Waals surface area (Å²) in [6.07, 6.45) is 8.18. The third kappa shape index (κ3) is 3.97. The van der Waals surface area contributed by atoms with E-state index in [1.165, 1.54) is 5.57 Å². The molecule has 0 spiro atoms. The van der Waals surface area contributed by atoms with E-state index < -0.39 is 8.32 Å². The zero-order valence-corrected chi connectivity index (χ0v) is 9.72. The van der Waals surface area contributed by atoms with Crippen LogP contribution in [0.4, 0.5) is 0 Å². The van der Waals surface area contributed by atoms with Gasteiger partial charge in [0.25, 0.3) is 0 Å². The van der Waals surface area contributed by atoms with Crippen LogP contribution in [0.25, 0.3) is 0 Å². The van der Waals surface area contributed by atoms with Gasteiger partial charge in [-0.1, -0.05) is 6.92 Å². The van der Waals surface area contributed by atoms with Crippen molar-refractivity contribution in [2.75, 3.05) is 0 Å². The lowest BCUT2D eigenvalue weighted by Gasteiger charge is -2.07. The van der Waals surface area contributed by atoms with Crippen molar-refractivity contribution in [3.8, 4) is 0 Å². The molecule has 1 aliphatic rings. The molecule has 70 valence electrons. The lowest BCUT2D eigenvalue weighted by molar-refractivity contribution is 0.334. The highest BCUT2D eigenvalue weighted by molar-refractivity contribution is 6.68. The number of hydrogen-bond acceptors (Lipinski definition) is 0. The average Bonchev–Trinajstić information content (AvgIpc) is 2.02. The maximum Gasteiger partial charge on any atom is 0.509 e. The van der Waals surface area contributed by atoms with Crippen molar-refractivity contribution in [1.29, 1.82) is 0 Å². The van der Waals surface area contributed by atoms with E-state index in [9.17, 15) is 0 Å². The molecule has 1 rings (SSSR count). The van der Waals surface area contributed by atoms with Gasteiger partial charge in [-0.05, 0) is 5.57 Å². The zero-order chi connectivity index (χ0) is 9.90. The van der Waals surface area contributed by atoms with Gasteiger partial charge in [0.2, 0.25) is 0 Å². The third-order valence-corrected chi connectivity index (χ3v) is 2.24. The SMILES string of the molecule is CC1=C[CH-]C(=C=[O+][Si](C)(C)C)C=C1. The zero-order valence-electron chi connectivity index (χ0n) is 8.72. The Labute approximate surface area is 81.3 Å². The second kappa shape index (κ2) is 3.82. The number of hydrogen-bond donors (Lipinski definition) is 0. The fraction of sp³-hybridized carbons (Fsp3) is 0.364. The number of carbonyl (C=O) groups excluding carboxylic acids is 1. The molecule has 0 N–H and O–H groups in total. The van der Waals surface area contributed by atoms with Crippen LogP contribution in [0.3, 0.4) is 0 Å². The van der Waals surface area contributed by atoms with E-state index in [4.69, 9.17) is 4.11 Å². The normalized spacial score (nSPS) is 16.0. The monoisotopic (exact) mass is 192 g/mol. The molecule has 0 atom stereocenters. The molecule has 2 heteroatoms. The second-order valence-corrected chi connectivity index (χ2v) is 8.61. The van der Waals surface area contributed by atoms with Crippen LogP contribution in [0.15, 0.2) is 29.4 Å². The minimum absolute atomic E-state index is 1.02. The molecule has 1 nitrogen and oxygen atoms in total. The molecule has 0 amide bonds. The van der Waals surface area contributed by atoms with E-state index in [2.05, 4.69) is 44.7 Å². The summed E-state index contributed by atoms with van der Waals surface area (Å²) in [4.78, 5) is 0. The molecule has 0 fully saturated rings. The molecular formula is C11H16OSi. The van der Waals surface area contributed by atoms with Gasteiger partial charge in [0.05, 0.1) is 0 Å². The highest BCUT2D eigenvalue weighted by atomic mass is 28.4. The van der Waals surface area contributed by atoms with Gasteiger partial charge in [0, 0.05) is 19.6 Å². The van der Waals surface area contributed by atoms with Crippen LogP contribution in [0.1, 0.15) is 6.92 Å². The Bertz CT molecular complexity index is 309. The summed E-state index contributed by atoms with van der Waals surface area (Å²) in [5, 5.41) is 0. The summed E-state index contributed by atoms with van der Waals surface area (Å²) in [6.45, 7) is 8.51. The Morgan fingerprint density at radius 2 is 2.00 bits per heavy atom. The van der Waals surface area contributed by atoms with Crippen LogP contribution >= 0.6 is 0 Å². The quantitative estimate of drug-likeness (QED) is 0.262. The van der Waals surface area contributed by atoms with Crippen molar-refractivity contribution in [3.63, 3.8) is 0 Å². The van der Waals surface area contributed by atoms with Gasteiger partial charge in [-0.25, -0.2) is 0 Å². The molecule has 1 aliphatic carbocycles. The topological polar surface area (TPSA) is 11.3 Å². The summed E-state index contributed by atoms with van der Waals surface area (Å²) in [5.41, 5.74) is 2.28. The van der Waals surface area contributed by atoms with E-state index in [1.807, 2.05) is 12.5 Å². The predicted molar refractivity (Wildman–Crippen MR) is 59.7 cm³/mol.